The summed E-state index contributed by atoms with van der Waals surface area (Å²) in [6, 6.07) is 5.83. The molecule has 0 radical (unpaired) electrons. The number of hydrogen-bond acceptors (Lipinski definition) is 3. The lowest BCUT2D eigenvalue weighted by molar-refractivity contribution is -0.137. The Morgan fingerprint density at radius 1 is 1.25 bits per heavy atom. The van der Waals surface area contributed by atoms with Gasteiger partial charge in [0.05, 0.1) is 16.1 Å². The highest BCUT2D eigenvalue weighted by Gasteiger charge is 2.33. The lowest BCUT2D eigenvalue weighted by Gasteiger charge is -2.26. The molecule has 0 bridgehead atoms. The van der Waals surface area contributed by atoms with Crippen LogP contribution in [0.25, 0.3) is 0 Å². The summed E-state index contributed by atoms with van der Waals surface area (Å²) in [7, 11) is 0. The Balaban J connectivity index is 1.90. The van der Waals surface area contributed by atoms with E-state index in [0.29, 0.717) is 12.8 Å². The quantitative estimate of drug-likeness (QED) is 0.816. The molecule has 1 saturated heterocycles. The van der Waals surface area contributed by atoms with Crippen molar-refractivity contribution < 1.29 is 22.8 Å². The highest BCUT2D eigenvalue weighted by molar-refractivity contribution is 6.33. The molecule has 28 heavy (non-hydrogen) atoms. The molecule has 1 fully saturated rings. The van der Waals surface area contributed by atoms with Gasteiger partial charge in [-0.05, 0) is 42.3 Å². The van der Waals surface area contributed by atoms with Gasteiger partial charge in [-0.15, -0.1) is 0 Å². The topological polar surface area (TPSA) is 62.3 Å². The number of hydrogen-bond donors (Lipinski definition) is 1. The number of halogens is 4. The Labute approximate surface area is 164 Å². The van der Waals surface area contributed by atoms with Gasteiger partial charge in [0, 0.05) is 37.9 Å². The van der Waals surface area contributed by atoms with E-state index in [1.165, 1.54) is 4.90 Å². The Hall–Kier alpha value is -2.61. The molecule has 1 aromatic heterocycles. The third kappa shape index (κ3) is 4.81. The fourth-order valence-corrected chi connectivity index (χ4v) is 3.24. The summed E-state index contributed by atoms with van der Waals surface area (Å²) in [5.74, 6) is -0.743. The van der Waals surface area contributed by atoms with E-state index in [2.05, 4.69) is 10.3 Å². The minimum absolute atomic E-state index is 0.0619. The van der Waals surface area contributed by atoms with Crippen LogP contribution in [0.4, 0.5) is 13.2 Å². The maximum Gasteiger partial charge on any atom is 0.416 e. The van der Waals surface area contributed by atoms with Crippen LogP contribution in [0.5, 0.6) is 0 Å². The van der Waals surface area contributed by atoms with E-state index in [1.807, 2.05) is 0 Å². The first-order valence-corrected chi connectivity index (χ1v) is 8.96. The van der Waals surface area contributed by atoms with Crippen molar-refractivity contribution in [2.45, 2.75) is 31.6 Å². The number of amides is 2. The zero-order valence-corrected chi connectivity index (χ0v) is 15.4. The van der Waals surface area contributed by atoms with Crippen molar-refractivity contribution in [2.24, 2.45) is 0 Å². The first-order chi connectivity index (χ1) is 13.2. The summed E-state index contributed by atoms with van der Waals surface area (Å²) in [5, 5.41) is 2.71. The molecule has 0 spiro atoms. The van der Waals surface area contributed by atoms with Gasteiger partial charge in [-0.3, -0.25) is 14.6 Å². The minimum Gasteiger partial charge on any atom is -0.352 e. The van der Waals surface area contributed by atoms with E-state index in [9.17, 15) is 22.8 Å². The van der Waals surface area contributed by atoms with Gasteiger partial charge in [-0.1, -0.05) is 11.6 Å². The molecule has 5 nitrogen and oxygen atoms in total. The van der Waals surface area contributed by atoms with Crippen molar-refractivity contribution in [3.05, 3.63) is 64.4 Å². The Morgan fingerprint density at radius 2 is 1.96 bits per heavy atom. The molecule has 1 aliphatic rings. The Bertz CT molecular complexity index is 874. The molecule has 2 aromatic rings. The third-order valence-corrected chi connectivity index (χ3v) is 4.79. The molecule has 0 aliphatic carbocycles. The van der Waals surface area contributed by atoms with Gasteiger partial charge in [0.2, 0.25) is 5.91 Å². The van der Waals surface area contributed by atoms with E-state index >= 15 is 0 Å². The number of aromatic nitrogens is 1. The van der Waals surface area contributed by atoms with E-state index in [0.717, 1.165) is 23.8 Å². The number of alkyl halides is 3. The van der Waals surface area contributed by atoms with Crippen molar-refractivity contribution in [2.75, 3.05) is 6.54 Å². The fourth-order valence-electron chi connectivity index (χ4n) is 3.04. The molecule has 1 aromatic carbocycles. The molecule has 1 atom stereocenters. The molecule has 148 valence electrons. The van der Waals surface area contributed by atoms with Gasteiger partial charge in [-0.25, -0.2) is 0 Å². The van der Waals surface area contributed by atoms with Crippen LogP contribution in [0.1, 0.15) is 34.3 Å². The fraction of sp³-hybridized carbons (Fsp3) is 0.316. The predicted octanol–water partition coefficient (Wildman–Crippen LogP) is 3.67. The van der Waals surface area contributed by atoms with Crippen molar-refractivity contribution in [1.29, 1.82) is 0 Å². The zero-order valence-electron chi connectivity index (χ0n) is 14.7. The smallest absolute Gasteiger partial charge is 0.352 e. The van der Waals surface area contributed by atoms with Gasteiger partial charge >= 0.3 is 6.18 Å². The Kier molecular flexibility index (Phi) is 5.88. The lowest BCUT2D eigenvalue weighted by Crippen LogP contribution is -2.41. The van der Waals surface area contributed by atoms with Gasteiger partial charge in [-0.2, -0.15) is 13.2 Å². The summed E-state index contributed by atoms with van der Waals surface area (Å²) in [4.78, 5) is 29.8. The maximum absolute atomic E-state index is 13.1. The predicted molar refractivity (Wildman–Crippen MR) is 96.6 cm³/mol. The van der Waals surface area contributed by atoms with Crippen molar-refractivity contribution in [1.82, 2.24) is 15.2 Å². The van der Waals surface area contributed by atoms with Crippen LogP contribution in [0.15, 0.2) is 42.7 Å². The van der Waals surface area contributed by atoms with E-state index in [4.69, 9.17) is 11.6 Å². The number of pyridine rings is 1. The molecule has 3 rings (SSSR count). The average Bonchev–Trinajstić information content (AvgIpc) is 3.06. The number of nitrogens with zero attached hydrogens (tertiary/aromatic N) is 2. The highest BCUT2D eigenvalue weighted by Crippen LogP contribution is 2.32. The van der Waals surface area contributed by atoms with Crippen LogP contribution in [-0.4, -0.2) is 34.3 Å². The lowest BCUT2D eigenvalue weighted by atomic mass is 10.1. The summed E-state index contributed by atoms with van der Waals surface area (Å²) in [6.07, 6.45) is -0.560. The molecule has 1 N–H and O–H groups in total. The number of nitrogens with one attached hydrogen (secondary N) is 1. The van der Waals surface area contributed by atoms with Crippen molar-refractivity contribution in [3.63, 3.8) is 0 Å². The molecule has 9 heteroatoms. The van der Waals surface area contributed by atoms with Crippen LogP contribution >= 0.6 is 11.6 Å². The van der Waals surface area contributed by atoms with Crippen LogP contribution < -0.4 is 5.32 Å². The van der Waals surface area contributed by atoms with Gasteiger partial charge in [0.25, 0.3) is 5.91 Å². The molecule has 1 aliphatic heterocycles. The second-order valence-electron chi connectivity index (χ2n) is 6.54. The molecule has 2 amide bonds. The van der Waals surface area contributed by atoms with Gasteiger partial charge < -0.3 is 10.2 Å². The largest absolute Gasteiger partial charge is 0.416 e. The molecular weight excluding hydrogens is 395 g/mol. The normalized spacial score (nSPS) is 16.7. The van der Waals surface area contributed by atoms with E-state index < -0.39 is 17.6 Å². The first-order valence-electron chi connectivity index (χ1n) is 8.58. The SMILES string of the molecule is O=C1CC[C@@H](CN(Cc2ccncc2)C(=O)c2cc(C(F)(F)F)ccc2Cl)N1. The molecule has 2 heterocycles. The van der Waals surface area contributed by atoms with E-state index in [-0.39, 0.29) is 35.6 Å². The molecule has 0 saturated carbocycles. The molecule has 0 unspecified atom stereocenters. The number of carbonyl (C=O) groups is 2. The van der Waals surface area contributed by atoms with Crippen LogP contribution in [-0.2, 0) is 17.5 Å². The monoisotopic (exact) mass is 411 g/mol. The highest BCUT2D eigenvalue weighted by atomic mass is 35.5. The van der Waals surface area contributed by atoms with Crippen molar-refractivity contribution >= 4 is 23.4 Å². The standard InChI is InChI=1S/C19H17ClF3N3O2/c20-16-3-1-13(19(21,22)23)9-15(16)18(28)26(10-12-5-7-24-8-6-12)11-14-2-4-17(27)25-14/h1,3,5-9,14H,2,4,10-11H2,(H,25,27)/t14-/m0/s1. The van der Waals surface area contributed by atoms with Crippen molar-refractivity contribution in [3.8, 4) is 0 Å². The minimum atomic E-state index is -4.59. The first kappa shape index (κ1) is 20.1. The maximum atomic E-state index is 13.1. The summed E-state index contributed by atoms with van der Waals surface area (Å²) >= 11 is 6.03. The number of benzene rings is 1. The van der Waals surface area contributed by atoms with Crippen LogP contribution in [0.2, 0.25) is 5.02 Å². The summed E-state index contributed by atoms with van der Waals surface area (Å²) < 4.78 is 39.2. The van der Waals surface area contributed by atoms with Crippen LogP contribution in [0.3, 0.4) is 0 Å². The Morgan fingerprint density at radius 3 is 2.57 bits per heavy atom. The number of carbonyl (C=O) groups excluding carboxylic acids is 2. The third-order valence-electron chi connectivity index (χ3n) is 4.46. The van der Waals surface area contributed by atoms with Crippen LogP contribution in [0, 0.1) is 0 Å². The summed E-state index contributed by atoms with van der Waals surface area (Å²) in [6.45, 7) is 0.319. The van der Waals surface area contributed by atoms with Gasteiger partial charge in [0.15, 0.2) is 0 Å². The average molecular weight is 412 g/mol. The molecular formula is C19H17ClF3N3O2. The van der Waals surface area contributed by atoms with E-state index in [1.54, 1.807) is 24.5 Å². The summed E-state index contributed by atoms with van der Waals surface area (Å²) in [5.41, 5.74) is -0.413. The second kappa shape index (κ2) is 8.18. The number of rotatable bonds is 5. The van der Waals surface area contributed by atoms with Gasteiger partial charge in [0.1, 0.15) is 0 Å². The zero-order chi connectivity index (χ0) is 20.3. The second-order valence-corrected chi connectivity index (χ2v) is 6.94.